The summed E-state index contributed by atoms with van der Waals surface area (Å²) in [6, 6.07) is 8.52. The Morgan fingerprint density at radius 2 is 1.75 bits per heavy atom. The van der Waals surface area contributed by atoms with E-state index in [0.717, 1.165) is 6.54 Å². The molecule has 2 nitrogen and oxygen atoms in total. The molecule has 0 atom stereocenters. The molecule has 0 aliphatic rings. The summed E-state index contributed by atoms with van der Waals surface area (Å²) in [5, 5.41) is 0. The highest BCUT2D eigenvalue weighted by atomic mass is 16.2. The zero-order valence-corrected chi connectivity index (χ0v) is 10.9. The molecule has 0 saturated carbocycles. The van der Waals surface area contributed by atoms with Crippen molar-refractivity contribution in [2.45, 2.75) is 33.1 Å². The van der Waals surface area contributed by atoms with Crippen LogP contribution in [-0.4, -0.2) is 24.4 Å². The van der Waals surface area contributed by atoms with Crippen molar-refractivity contribution in [3.63, 3.8) is 0 Å². The fraction of sp³-hybridized carbons (Fsp3) is 0.500. The molecule has 88 valence electrons. The van der Waals surface area contributed by atoms with Gasteiger partial charge in [-0.25, -0.2) is 0 Å². The lowest BCUT2D eigenvalue weighted by molar-refractivity contribution is -0.128. The molecule has 0 aliphatic heterocycles. The normalized spacial score (nSPS) is 11.3. The molecular formula is C14H21NO. The van der Waals surface area contributed by atoms with Gasteiger partial charge in [0.05, 0.1) is 0 Å². The Bertz CT molecular complexity index is 365. The van der Waals surface area contributed by atoms with E-state index in [-0.39, 0.29) is 11.3 Å². The van der Waals surface area contributed by atoms with Gasteiger partial charge in [-0.3, -0.25) is 4.79 Å². The van der Waals surface area contributed by atoms with Gasteiger partial charge in [0.15, 0.2) is 0 Å². The summed E-state index contributed by atoms with van der Waals surface area (Å²) in [6.07, 6.45) is 0. The second-order valence-electron chi connectivity index (χ2n) is 5.12. The molecule has 0 radical (unpaired) electrons. The number of rotatable bonds is 3. The van der Waals surface area contributed by atoms with Gasteiger partial charge in [-0.15, -0.1) is 0 Å². The van der Waals surface area contributed by atoms with E-state index in [4.69, 9.17) is 0 Å². The average Bonchev–Trinajstić information content (AvgIpc) is 2.17. The molecule has 16 heavy (non-hydrogen) atoms. The standard InChI is InChI=1S/C14H21NO/c1-11-6-8-13(9-7-11)14(3,4)10-15(5)12(2)16/h6-9H,10H2,1-5H3. The molecule has 0 N–H and O–H groups in total. The van der Waals surface area contributed by atoms with Gasteiger partial charge in [0, 0.05) is 25.9 Å². The molecule has 0 aliphatic carbocycles. The van der Waals surface area contributed by atoms with Gasteiger partial charge in [0.2, 0.25) is 5.91 Å². The number of likely N-dealkylation sites (N-methyl/N-ethyl adjacent to an activating group) is 1. The Labute approximate surface area is 98.3 Å². The summed E-state index contributed by atoms with van der Waals surface area (Å²) in [5.74, 6) is 0.111. The van der Waals surface area contributed by atoms with Crippen molar-refractivity contribution in [1.82, 2.24) is 4.90 Å². The summed E-state index contributed by atoms with van der Waals surface area (Å²) in [7, 11) is 1.85. The van der Waals surface area contributed by atoms with E-state index >= 15 is 0 Å². The predicted octanol–water partition coefficient (Wildman–Crippen LogP) is 2.75. The zero-order chi connectivity index (χ0) is 12.3. The van der Waals surface area contributed by atoms with E-state index in [1.54, 1.807) is 11.8 Å². The Kier molecular flexibility index (Phi) is 3.74. The number of hydrogen-bond acceptors (Lipinski definition) is 1. The van der Waals surface area contributed by atoms with Crippen LogP contribution in [0.25, 0.3) is 0 Å². The Balaban J connectivity index is 2.84. The van der Waals surface area contributed by atoms with Crippen molar-refractivity contribution in [1.29, 1.82) is 0 Å². The first kappa shape index (κ1) is 12.8. The minimum atomic E-state index is -0.00583. The van der Waals surface area contributed by atoms with Crippen LogP contribution < -0.4 is 0 Å². The van der Waals surface area contributed by atoms with Crippen LogP contribution >= 0.6 is 0 Å². The molecule has 0 bridgehead atoms. The molecule has 1 aromatic rings. The number of carbonyl (C=O) groups is 1. The minimum Gasteiger partial charge on any atom is -0.345 e. The maximum absolute atomic E-state index is 11.2. The summed E-state index contributed by atoms with van der Waals surface area (Å²) in [6.45, 7) is 8.75. The van der Waals surface area contributed by atoms with Gasteiger partial charge < -0.3 is 4.90 Å². The van der Waals surface area contributed by atoms with E-state index in [2.05, 4.69) is 45.0 Å². The smallest absolute Gasteiger partial charge is 0.219 e. The highest BCUT2D eigenvalue weighted by Crippen LogP contribution is 2.24. The Hall–Kier alpha value is -1.31. The molecule has 0 unspecified atom stereocenters. The minimum absolute atomic E-state index is 0.00583. The number of benzene rings is 1. The summed E-state index contributed by atoms with van der Waals surface area (Å²) in [5.41, 5.74) is 2.53. The number of amides is 1. The van der Waals surface area contributed by atoms with Crippen molar-refractivity contribution < 1.29 is 4.79 Å². The fourth-order valence-corrected chi connectivity index (χ4v) is 1.80. The average molecular weight is 219 g/mol. The van der Waals surface area contributed by atoms with Crippen molar-refractivity contribution >= 4 is 5.91 Å². The van der Waals surface area contributed by atoms with Crippen LogP contribution in [-0.2, 0) is 10.2 Å². The molecule has 2 heteroatoms. The van der Waals surface area contributed by atoms with E-state index in [1.807, 2.05) is 7.05 Å². The highest BCUT2D eigenvalue weighted by molar-refractivity contribution is 5.73. The third-order valence-electron chi connectivity index (χ3n) is 3.00. The third-order valence-corrected chi connectivity index (χ3v) is 3.00. The summed E-state index contributed by atoms with van der Waals surface area (Å²) in [4.78, 5) is 13.0. The van der Waals surface area contributed by atoms with Gasteiger partial charge in [-0.05, 0) is 12.5 Å². The van der Waals surface area contributed by atoms with Gasteiger partial charge in [0.25, 0.3) is 0 Å². The van der Waals surface area contributed by atoms with Gasteiger partial charge >= 0.3 is 0 Å². The fourth-order valence-electron chi connectivity index (χ4n) is 1.80. The zero-order valence-electron chi connectivity index (χ0n) is 10.9. The lowest BCUT2D eigenvalue weighted by atomic mass is 9.84. The quantitative estimate of drug-likeness (QED) is 0.765. The van der Waals surface area contributed by atoms with Crippen molar-refractivity contribution in [2.75, 3.05) is 13.6 Å². The highest BCUT2D eigenvalue weighted by Gasteiger charge is 2.23. The second kappa shape index (κ2) is 4.69. The van der Waals surface area contributed by atoms with Gasteiger partial charge in [0.1, 0.15) is 0 Å². The number of hydrogen-bond donors (Lipinski definition) is 0. The molecular weight excluding hydrogens is 198 g/mol. The predicted molar refractivity (Wildman–Crippen MR) is 67.5 cm³/mol. The van der Waals surface area contributed by atoms with Crippen molar-refractivity contribution in [3.05, 3.63) is 35.4 Å². The second-order valence-corrected chi connectivity index (χ2v) is 5.12. The van der Waals surface area contributed by atoms with Crippen LogP contribution in [0.4, 0.5) is 0 Å². The van der Waals surface area contributed by atoms with E-state index in [0.29, 0.717) is 0 Å². The maximum atomic E-state index is 11.2. The first-order valence-corrected chi connectivity index (χ1v) is 5.62. The van der Waals surface area contributed by atoms with E-state index in [9.17, 15) is 4.79 Å². The monoisotopic (exact) mass is 219 g/mol. The Morgan fingerprint density at radius 3 is 2.19 bits per heavy atom. The van der Waals surface area contributed by atoms with Crippen molar-refractivity contribution in [3.8, 4) is 0 Å². The van der Waals surface area contributed by atoms with Crippen LogP contribution in [0, 0.1) is 6.92 Å². The molecule has 0 saturated heterocycles. The van der Waals surface area contributed by atoms with Crippen LogP contribution in [0.5, 0.6) is 0 Å². The molecule has 1 amide bonds. The van der Waals surface area contributed by atoms with Crippen molar-refractivity contribution in [2.24, 2.45) is 0 Å². The van der Waals surface area contributed by atoms with E-state index in [1.165, 1.54) is 11.1 Å². The summed E-state index contributed by atoms with van der Waals surface area (Å²) < 4.78 is 0. The van der Waals surface area contributed by atoms with Crippen LogP contribution in [0.15, 0.2) is 24.3 Å². The van der Waals surface area contributed by atoms with Crippen LogP contribution in [0.2, 0.25) is 0 Å². The number of nitrogens with zero attached hydrogens (tertiary/aromatic N) is 1. The van der Waals surface area contributed by atoms with Crippen LogP contribution in [0.3, 0.4) is 0 Å². The third kappa shape index (κ3) is 3.09. The summed E-state index contributed by atoms with van der Waals surface area (Å²) >= 11 is 0. The van der Waals surface area contributed by atoms with Gasteiger partial charge in [-0.1, -0.05) is 43.7 Å². The lowest BCUT2D eigenvalue weighted by Gasteiger charge is -2.30. The molecule has 0 fully saturated rings. The van der Waals surface area contributed by atoms with E-state index < -0.39 is 0 Å². The molecule has 1 rings (SSSR count). The topological polar surface area (TPSA) is 20.3 Å². The Morgan fingerprint density at radius 1 is 1.25 bits per heavy atom. The first-order valence-electron chi connectivity index (χ1n) is 5.62. The van der Waals surface area contributed by atoms with Crippen LogP contribution in [0.1, 0.15) is 31.9 Å². The molecule has 0 spiro atoms. The SMILES string of the molecule is CC(=O)N(C)CC(C)(C)c1ccc(C)cc1. The number of aryl methyl sites for hydroxylation is 1. The maximum Gasteiger partial charge on any atom is 0.219 e. The van der Waals surface area contributed by atoms with Gasteiger partial charge in [-0.2, -0.15) is 0 Å². The lowest BCUT2D eigenvalue weighted by Crippen LogP contribution is -2.37. The molecule has 0 aromatic heterocycles. The number of carbonyl (C=O) groups excluding carboxylic acids is 1. The molecule has 1 aromatic carbocycles. The molecule has 0 heterocycles. The largest absolute Gasteiger partial charge is 0.345 e. The first-order chi connectivity index (χ1) is 7.33.